The van der Waals surface area contributed by atoms with Gasteiger partial charge in [0.1, 0.15) is 0 Å². The molecule has 2 fully saturated rings. The highest BCUT2D eigenvalue weighted by Gasteiger charge is 2.36. The van der Waals surface area contributed by atoms with E-state index in [1.165, 1.54) is 13.0 Å². The van der Waals surface area contributed by atoms with Gasteiger partial charge in [0.15, 0.2) is 0 Å². The molecule has 1 heterocycles. The molecular formula is C11H21NO2. The zero-order valence-electron chi connectivity index (χ0n) is 8.73. The molecule has 0 bridgehead atoms. The molecule has 3 heteroatoms. The Balaban J connectivity index is 1.80. The molecule has 1 saturated carbocycles. The van der Waals surface area contributed by atoms with Crippen molar-refractivity contribution in [2.45, 2.75) is 31.8 Å². The standard InChI is InChI=1S/C11H21NO2/c13-5-1-4-12-7-9-2-3-11(14)6-10(9)8-12/h9-11,13-14H,1-8H2. The number of aliphatic hydroxyl groups excluding tert-OH is 2. The molecule has 3 atom stereocenters. The Kier molecular flexibility index (Phi) is 3.42. The molecule has 1 aliphatic carbocycles. The maximum Gasteiger partial charge on any atom is 0.0543 e. The van der Waals surface area contributed by atoms with Crippen molar-refractivity contribution < 1.29 is 10.2 Å². The second-order valence-corrected chi connectivity index (χ2v) is 4.82. The van der Waals surface area contributed by atoms with Gasteiger partial charge in [-0.3, -0.25) is 0 Å². The fraction of sp³-hybridized carbons (Fsp3) is 1.00. The largest absolute Gasteiger partial charge is 0.396 e. The molecule has 0 amide bonds. The van der Waals surface area contributed by atoms with E-state index in [0.29, 0.717) is 6.61 Å². The van der Waals surface area contributed by atoms with Gasteiger partial charge in [-0.1, -0.05) is 0 Å². The number of hydrogen-bond acceptors (Lipinski definition) is 3. The minimum Gasteiger partial charge on any atom is -0.396 e. The zero-order valence-corrected chi connectivity index (χ0v) is 8.73. The molecule has 1 saturated heterocycles. The zero-order chi connectivity index (χ0) is 9.97. The summed E-state index contributed by atoms with van der Waals surface area (Å²) in [7, 11) is 0. The lowest BCUT2D eigenvalue weighted by atomic mass is 9.80. The summed E-state index contributed by atoms with van der Waals surface area (Å²) in [6.45, 7) is 3.66. The monoisotopic (exact) mass is 199 g/mol. The number of likely N-dealkylation sites (tertiary alicyclic amines) is 1. The Morgan fingerprint density at radius 3 is 2.71 bits per heavy atom. The van der Waals surface area contributed by atoms with Crippen LogP contribution in [0.4, 0.5) is 0 Å². The predicted octanol–water partition coefficient (Wildman–Crippen LogP) is 0.462. The summed E-state index contributed by atoms with van der Waals surface area (Å²) in [6.07, 6.45) is 4.03. The molecular weight excluding hydrogens is 178 g/mol. The van der Waals surface area contributed by atoms with Gasteiger partial charge in [-0.05, 0) is 37.5 Å². The van der Waals surface area contributed by atoms with E-state index in [0.717, 1.165) is 44.2 Å². The molecule has 0 aromatic rings. The Bertz CT molecular complexity index is 186. The lowest BCUT2D eigenvalue weighted by molar-refractivity contribution is 0.0865. The molecule has 3 nitrogen and oxygen atoms in total. The smallest absolute Gasteiger partial charge is 0.0543 e. The first kappa shape index (κ1) is 10.4. The summed E-state index contributed by atoms with van der Waals surface area (Å²) in [5.41, 5.74) is 0. The lowest BCUT2D eigenvalue weighted by Gasteiger charge is -2.27. The van der Waals surface area contributed by atoms with Crippen LogP contribution in [0.2, 0.25) is 0 Å². The molecule has 0 aromatic carbocycles. The first-order valence-electron chi connectivity index (χ1n) is 5.81. The summed E-state index contributed by atoms with van der Waals surface area (Å²) in [4.78, 5) is 2.45. The van der Waals surface area contributed by atoms with Gasteiger partial charge >= 0.3 is 0 Å². The van der Waals surface area contributed by atoms with Crippen molar-refractivity contribution in [3.63, 3.8) is 0 Å². The molecule has 3 unspecified atom stereocenters. The predicted molar refractivity (Wildman–Crippen MR) is 55.0 cm³/mol. The minimum absolute atomic E-state index is 0.0472. The lowest BCUT2D eigenvalue weighted by Crippen LogP contribution is -2.26. The summed E-state index contributed by atoms with van der Waals surface area (Å²) in [5, 5.41) is 18.3. The van der Waals surface area contributed by atoms with Gasteiger partial charge in [0.2, 0.25) is 0 Å². The van der Waals surface area contributed by atoms with E-state index >= 15 is 0 Å². The molecule has 14 heavy (non-hydrogen) atoms. The quantitative estimate of drug-likeness (QED) is 0.694. The summed E-state index contributed by atoms with van der Waals surface area (Å²) < 4.78 is 0. The second kappa shape index (κ2) is 4.60. The molecule has 82 valence electrons. The maximum atomic E-state index is 9.56. The van der Waals surface area contributed by atoms with Crippen LogP contribution >= 0.6 is 0 Å². The number of fused-ring (bicyclic) bond motifs is 1. The van der Waals surface area contributed by atoms with Crippen LogP contribution in [0.15, 0.2) is 0 Å². The van der Waals surface area contributed by atoms with E-state index in [2.05, 4.69) is 4.90 Å². The molecule has 0 radical (unpaired) electrons. The average molecular weight is 199 g/mol. The second-order valence-electron chi connectivity index (χ2n) is 4.82. The van der Waals surface area contributed by atoms with Gasteiger partial charge in [0.05, 0.1) is 6.10 Å². The van der Waals surface area contributed by atoms with Crippen molar-refractivity contribution in [3.05, 3.63) is 0 Å². The molecule has 2 rings (SSSR count). The number of rotatable bonds is 3. The van der Waals surface area contributed by atoms with Crippen LogP contribution in [0.25, 0.3) is 0 Å². The third-order valence-electron chi connectivity index (χ3n) is 3.73. The fourth-order valence-corrected chi connectivity index (χ4v) is 2.98. The Morgan fingerprint density at radius 1 is 1.14 bits per heavy atom. The van der Waals surface area contributed by atoms with Crippen molar-refractivity contribution >= 4 is 0 Å². The van der Waals surface area contributed by atoms with Gasteiger partial charge in [-0.25, -0.2) is 0 Å². The van der Waals surface area contributed by atoms with Gasteiger partial charge in [0.25, 0.3) is 0 Å². The van der Waals surface area contributed by atoms with Crippen LogP contribution in [0.5, 0.6) is 0 Å². The normalized spacial score (nSPS) is 38.6. The Hall–Kier alpha value is -0.120. The average Bonchev–Trinajstić information content (AvgIpc) is 2.56. The van der Waals surface area contributed by atoms with E-state index in [9.17, 15) is 5.11 Å². The molecule has 0 aromatic heterocycles. The van der Waals surface area contributed by atoms with Crippen molar-refractivity contribution in [1.29, 1.82) is 0 Å². The number of nitrogens with zero attached hydrogens (tertiary/aromatic N) is 1. The van der Waals surface area contributed by atoms with Crippen LogP contribution in [0.3, 0.4) is 0 Å². The van der Waals surface area contributed by atoms with E-state index in [1.807, 2.05) is 0 Å². The van der Waals surface area contributed by atoms with Gasteiger partial charge in [0, 0.05) is 26.2 Å². The Morgan fingerprint density at radius 2 is 1.93 bits per heavy atom. The number of aliphatic hydroxyl groups is 2. The van der Waals surface area contributed by atoms with Crippen LogP contribution in [-0.2, 0) is 0 Å². The highest BCUT2D eigenvalue weighted by Crippen LogP contribution is 2.36. The van der Waals surface area contributed by atoms with E-state index in [4.69, 9.17) is 5.11 Å². The van der Waals surface area contributed by atoms with Gasteiger partial charge < -0.3 is 15.1 Å². The topological polar surface area (TPSA) is 43.7 Å². The first-order chi connectivity index (χ1) is 6.79. The SMILES string of the molecule is OCCCN1CC2CCC(O)CC2C1. The first-order valence-corrected chi connectivity index (χ1v) is 5.81. The molecule has 0 spiro atoms. The molecule has 1 aliphatic heterocycles. The van der Waals surface area contributed by atoms with Crippen LogP contribution in [0, 0.1) is 11.8 Å². The third-order valence-corrected chi connectivity index (χ3v) is 3.73. The highest BCUT2D eigenvalue weighted by atomic mass is 16.3. The number of hydrogen-bond donors (Lipinski definition) is 2. The molecule has 2 N–H and O–H groups in total. The van der Waals surface area contributed by atoms with Crippen LogP contribution in [-0.4, -0.2) is 47.5 Å². The van der Waals surface area contributed by atoms with Crippen molar-refractivity contribution in [3.8, 4) is 0 Å². The minimum atomic E-state index is -0.0472. The third kappa shape index (κ3) is 2.27. The van der Waals surface area contributed by atoms with Gasteiger partial charge in [-0.2, -0.15) is 0 Å². The van der Waals surface area contributed by atoms with E-state index in [-0.39, 0.29) is 6.10 Å². The summed E-state index contributed by atoms with van der Waals surface area (Å²) in [6, 6.07) is 0. The van der Waals surface area contributed by atoms with Crippen LogP contribution < -0.4 is 0 Å². The Labute approximate surface area is 85.7 Å². The van der Waals surface area contributed by atoms with E-state index < -0.39 is 0 Å². The summed E-state index contributed by atoms with van der Waals surface area (Å²) >= 11 is 0. The van der Waals surface area contributed by atoms with Crippen LogP contribution in [0.1, 0.15) is 25.7 Å². The summed E-state index contributed by atoms with van der Waals surface area (Å²) in [5.74, 6) is 1.54. The fourth-order valence-electron chi connectivity index (χ4n) is 2.98. The maximum absolute atomic E-state index is 9.56. The van der Waals surface area contributed by atoms with Crippen molar-refractivity contribution in [1.82, 2.24) is 4.90 Å². The van der Waals surface area contributed by atoms with Crippen molar-refractivity contribution in [2.75, 3.05) is 26.2 Å². The van der Waals surface area contributed by atoms with Gasteiger partial charge in [-0.15, -0.1) is 0 Å². The van der Waals surface area contributed by atoms with Crippen molar-refractivity contribution in [2.24, 2.45) is 11.8 Å². The van der Waals surface area contributed by atoms with E-state index in [1.54, 1.807) is 0 Å². The highest BCUT2D eigenvalue weighted by molar-refractivity contribution is 4.89. The molecule has 2 aliphatic rings.